The summed E-state index contributed by atoms with van der Waals surface area (Å²) in [6.45, 7) is 6.05. The van der Waals surface area contributed by atoms with E-state index in [4.69, 9.17) is 0 Å². The van der Waals surface area contributed by atoms with Crippen LogP contribution < -0.4 is 10.5 Å². The van der Waals surface area contributed by atoms with Crippen LogP contribution in [0.15, 0.2) is 4.79 Å². The lowest BCUT2D eigenvalue weighted by Crippen LogP contribution is -2.49. The van der Waals surface area contributed by atoms with Crippen molar-refractivity contribution in [2.24, 2.45) is 5.92 Å². The SMILES string of the molecule is CC(C)c1nc(N2CCN(C(=O)CC3CC3)CC2)[nH]c(=O)c1F. The Morgan fingerprint density at radius 2 is 1.96 bits per heavy atom. The molecule has 0 aromatic carbocycles. The molecular formula is C16H23FN4O2. The van der Waals surface area contributed by atoms with Crippen LogP contribution in [0.5, 0.6) is 0 Å². The number of carbonyl (C=O) groups is 1. The molecule has 0 atom stereocenters. The summed E-state index contributed by atoms with van der Waals surface area (Å²) in [5, 5.41) is 0. The van der Waals surface area contributed by atoms with Crippen LogP contribution in [0.4, 0.5) is 10.3 Å². The van der Waals surface area contributed by atoms with Gasteiger partial charge in [0.15, 0.2) is 0 Å². The van der Waals surface area contributed by atoms with E-state index in [1.165, 1.54) is 12.8 Å². The Kier molecular flexibility index (Phi) is 4.37. The van der Waals surface area contributed by atoms with Gasteiger partial charge in [0.1, 0.15) is 0 Å². The second-order valence-electron chi connectivity index (χ2n) is 6.76. The maximum atomic E-state index is 13.8. The van der Waals surface area contributed by atoms with Gasteiger partial charge < -0.3 is 9.80 Å². The van der Waals surface area contributed by atoms with Gasteiger partial charge in [-0.15, -0.1) is 0 Å². The topological polar surface area (TPSA) is 69.3 Å². The molecule has 1 N–H and O–H groups in total. The third-order valence-corrected chi connectivity index (χ3v) is 4.51. The largest absolute Gasteiger partial charge is 0.339 e. The number of nitrogens with one attached hydrogen (secondary N) is 1. The minimum atomic E-state index is -0.804. The number of H-pyrrole nitrogens is 1. The number of amides is 1. The third kappa shape index (κ3) is 3.54. The molecule has 1 aliphatic heterocycles. The lowest BCUT2D eigenvalue weighted by Gasteiger charge is -2.35. The zero-order chi connectivity index (χ0) is 16.6. The summed E-state index contributed by atoms with van der Waals surface area (Å²) in [5.74, 6) is 0.244. The van der Waals surface area contributed by atoms with Crippen molar-refractivity contribution in [2.75, 3.05) is 31.1 Å². The quantitative estimate of drug-likeness (QED) is 0.912. The monoisotopic (exact) mass is 322 g/mol. The molecule has 126 valence electrons. The molecular weight excluding hydrogens is 299 g/mol. The highest BCUT2D eigenvalue weighted by Gasteiger charge is 2.29. The van der Waals surface area contributed by atoms with Gasteiger partial charge in [0, 0.05) is 32.6 Å². The van der Waals surface area contributed by atoms with Crippen molar-refractivity contribution in [3.8, 4) is 0 Å². The summed E-state index contributed by atoms with van der Waals surface area (Å²) in [4.78, 5) is 34.4. The zero-order valence-corrected chi connectivity index (χ0v) is 13.6. The normalized spacial score (nSPS) is 18.6. The fraction of sp³-hybridized carbons (Fsp3) is 0.688. The van der Waals surface area contributed by atoms with Crippen LogP contribution in [0, 0.1) is 11.7 Å². The van der Waals surface area contributed by atoms with Crippen LogP contribution in [0.3, 0.4) is 0 Å². The van der Waals surface area contributed by atoms with Gasteiger partial charge >= 0.3 is 0 Å². The summed E-state index contributed by atoms with van der Waals surface area (Å²) < 4.78 is 13.8. The first kappa shape index (κ1) is 16.0. The van der Waals surface area contributed by atoms with Crippen LogP contribution >= 0.6 is 0 Å². The number of anilines is 1. The van der Waals surface area contributed by atoms with Gasteiger partial charge in [-0.1, -0.05) is 13.8 Å². The number of piperazine rings is 1. The Labute approximate surface area is 134 Å². The fourth-order valence-corrected chi connectivity index (χ4v) is 2.86. The van der Waals surface area contributed by atoms with Crippen molar-refractivity contribution in [3.05, 3.63) is 21.9 Å². The molecule has 23 heavy (non-hydrogen) atoms. The maximum absolute atomic E-state index is 13.8. The minimum Gasteiger partial charge on any atom is -0.339 e. The number of aromatic nitrogens is 2. The second-order valence-corrected chi connectivity index (χ2v) is 6.76. The first-order chi connectivity index (χ1) is 11.0. The van der Waals surface area contributed by atoms with E-state index < -0.39 is 11.4 Å². The smallest absolute Gasteiger partial charge is 0.288 e. The highest BCUT2D eigenvalue weighted by molar-refractivity contribution is 5.77. The lowest BCUT2D eigenvalue weighted by molar-refractivity contribution is -0.131. The van der Waals surface area contributed by atoms with Gasteiger partial charge in [-0.3, -0.25) is 14.6 Å². The van der Waals surface area contributed by atoms with E-state index in [1.807, 2.05) is 23.6 Å². The van der Waals surface area contributed by atoms with Crippen LogP contribution in [0.1, 0.15) is 44.7 Å². The molecule has 0 spiro atoms. The average Bonchev–Trinajstić information content (AvgIpc) is 3.33. The molecule has 2 heterocycles. The predicted molar refractivity (Wildman–Crippen MR) is 85.0 cm³/mol. The van der Waals surface area contributed by atoms with E-state index in [0.29, 0.717) is 44.5 Å². The molecule has 7 heteroatoms. The van der Waals surface area contributed by atoms with Crippen molar-refractivity contribution in [2.45, 2.75) is 39.0 Å². The maximum Gasteiger partial charge on any atom is 0.288 e. The van der Waals surface area contributed by atoms with E-state index >= 15 is 0 Å². The summed E-state index contributed by atoms with van der Waals surface area (Å²) in [6.07, 6.45) is 3.00. The van der Waals surface area contributed by atoms with Gasteiger partial charge in [-0.2, -0.15) is 4.39 Å². The van der Waals surface area contributed by atoms with Crippen molar-refractivity contribution in [1.29, 1.82) is 0 Å². The molecule has 1 saturated heterocycles. The summed E-state index contributed by atoms with van der Waals surface area (Å²) >= 11 is 0. The zero-order valence-electron chi connectivity index (χ0n) is 13.6. The molecule has 6 nitrogen and oxygen atoms in total. The van der Waals surface area contributed by atoms with Gasteiger partial charge in [-0.25, -0.2) is 4.98 Å². The van der Waals surface area contributed by atoms with Gasteiger partial charge in [0.05, 0.1) is 5.69 Å². The highest BCUT2D eigenvalue weighted by Crippen LogP contribution is 2.33. The van der Waals surface area contributed by atoms with Crippen molar-refractivity contribution >= 4 is 11.9 Å². The second kappa shape index (κ2) is 6.29. The fourth-order valence-electron chi connectivity index (χ4n) is 2.86. The lowest BCUT2D eigenvalue weighted by atomic mass is 10.1. The Balaban J connectivity index is 1.67. The Hall–Kier alpha value is -1.92. The number of hydrogen-bond donors (Lipinski definition) is 1. The summed E-state index contributed by atoms with van der Waals surface area (Å²) in [7, 11) is 0. The first-order valence-electron chi connectivity index (χ1n) is 8.28. The highest BCUT2D eigenvalue weighted by atomic mass is 19.1. The standard InChI is InChI=1S/C16H23FN4O2/c1-10(2)14-13(17)15(23)19-16(18-14)21-7-5-20(6-8-21)12(22)9-11-3-4-11/h10-11H,3-9H2,1-2H3,(H,18,19,23). The molecule has 0 radical (unpaired) electrons. The molecule has 2 fully saturated rings. The first-order valence-corrected chi connectivity index (χ1v) is 8.28. The molecule has 1 aliphatic carbocycles. The predicted octanol–water partition coefficient (Wildman–Crippen LogP) is 1.48. The number of aromatic amines is 1. The Morgan fingerprint density at radius 3 is 2.52 bits per heavy atom. The van der Waals surface area contributed by atoms with E-state index in [0.717, 1.165) is 0 Å². The van der Waals surface area contributed by atoms with E-state index in [2.05, 4.69) is 9.97 Å². The van der Waals surface area contributed by atoms with Crippen molar-refractivity contribution in [3.63, 3.8) is 0 Å². The molecule has 1 aromatic heterocycles. The Bertz CT molecular complexity index is 646. The number of carbonyl (C=O) groups excluding carboxylic acids is 1. The molecule has 0 unspecified atom stereocenters. The third-order valence-electron chi connectivity index (χ3n) is 4.51. The van der Waals surface area contributed by atoms with Crippen LogP contribution in [-0.4, -0.2) is 47.0 Å². The minimum absolute atomic E-state index is 0.155. The number of rotatable bonds is 4. The summed E-state index contributed by atoms with van der Waals surface area (Å²) in [6, 6.07) is 0. The van der Waals surface area contributed by atoms with E-state index in [-0.39, 0.29) is 17.5 Å². The average molecular weight is 322 g/mol. The number of nitrogens with zero attached hydrogens (tertiary/aromatic N) is 3. The van der Waals surface area contributed by atoms with Gasteiger partial charge in [0.25, 0.3) is 5.56 Å². The van der Waals surface area contributed by atoms with E-state index in [1.54, 1.807) is 0 Å². The molecule has 3 rings (SSSR count). The number of halogens is 1. The van der Waals surface area contributed by atoms with Crippen LogP contribution in [0.25, 0.3) is 0 Å². The van der Waals surface area contributed by atoms with Gasteiger partial charge in [-0.05, 0) is 24.7 Å². The van der Waals surface area contributed by atoms with Crippen molar-refractivity contribution in [1.82, 2.24) is 14.9 Å². The molecule has 1 amide bonds. The van der Waals surface area contributed by atoms with Crippen LogP contribution in [-0.2, 0) is 4.79 Å². The van der Waals surface area contributed by atoms with Crippen molar-refractivity contribution < 1.29 is 9.18 Å². The number of hydrogen-bond acceptors (Lipinski definition) is 4. The molecule has 1 saturated carbocycles. The Morgan fingerprint density at radius 1 is 1.30 bits per heavy atom. The van der Waals surface area contributed by atoms with Crippen LogP contribution in [0.2, 0.25) is 0 Å². The molecule has 0 bridgehead atoms. The summed E-state index contributed by atoms with van der Waals surface area (Å²) in [5.41, 5.74) is -0.540. The molecule has 1 aromatic rings. The molecule has 2 aliphatic rings. The van der Waals surface area contributed by atoms with Gasteiger partial charge in [0.2, 0.25) is 17.7 Å². The van der Waals surface area contributed by atoms with E-state index in [9.17, 15) is 14.0 Å².